The Morgan fingerprint density at radius 2 is 2.00 bits per heavy atom. The molecule has 0 aromatic rings. The van der Waals surface area contributed by atoms with Crippen LogP contribution in [-0.2, 0) is 4.74 Å². The summed E-state index contributed by atoms with van der Waals surface area (Å²) in [4.78, 5) is 4.35. The zero-order valence-corrected chi connectivity index (χ0v) is 9.55. The third kappa shape index (κ3) is 2.06. The molecule has 2 heteroatoms. The summed E-state index contributed by atoms with van der Waals surface area (Å²) >= 11 is 0. The number of aliphatic imine (C=N–C) groups is 1. The first-order chi connectivity index (χ1) is 6.79. The largest absolute Gasteiger partial charge is 0.493 e. The van der Waals surface area contributed by atoms with Gasteiger partial charge in [0.05, 0.1) is 6.61 Å². The summed E-state index contributed by atoms with van der Waals surface area (Å²) in [5.74, 6) is 1.10. The smallest absolute Gasteiger partial charge is 0.123 e. The Morgan fingerprint density at radius 3 is 2.71 bits per heavy atom. The molecule has 0 unspecified atom stereocenters. The fourth-order valence-electron chi connectivity index (χ4n) is 1.67. The highest BCUT2D eigenvalue weighted by atomic mass is 16.5. The standard InChI is InChI=1S/C10H13NO.C2H6/c1-7-3-5-11-8(2)9-4-6-12-10(7)9;1-2/h5H,3-4,6H2,1-2H3;1-2H3. The maximum Gasteiger partial charge on any atom is 0.123 e. The lowest BCUT2D eigenvalue weighted by atomic mass is 10.1. The first kappa shape index (κ1) is 11.0. The molecular weight excluding hydrogens is 174 g/mol. The average Bonchev–Trinajstić information content (AvgIpc) is 2.64. The number of rotatable bonds is 0. The second kappa shape index (κ2) is 4.99. The monoisotopic (exact) mass is 193 g/mol. The molecular formula is C12H19NO. The van der Waals surface area contributed by atoms with Crippen LogP contribution in [-0.4, -0.2) is 12.8 Å². The average molecular weight is 193 g/mol. The van der Waals surface area contributed by atoms with E-state index in [1.54, 1.807) is 0 Å². The normalized spacial score (nSPS) is 19.7. The van der Waals surface area contributed by atoms with Crippen LogP contribution in [0.3, 0.4) is 0 Å². The lowest BCUT2D eigenvalue weighted by molar-refractivity contribution is 0.262. The van der Waals surface area contributed by atoms with E-state index in [2.05, 4.69) is 18.8 Å². The second-order valence-electron chi connectivity index (χ2n) is 3.29. The van der Waals surface area contributed by atoms with Crippen molar-refractivity contribution in [1.29, 1.82) is 0 Å². The number of nitrogens with zero attached hydrogens (tertiary/aromatic N) is 1. The van der Waals surface area contributed by atoms with Crippen molar-refractivity contribution in [2.24, 2.45) is 4.99 Å². The molecule has 0 amide bonds. The summed E-state index contributed by atoms with van der Waals surface area (Å²) in [6.45, 7) is 9.00. The van der Waals surface area contributed by atoms with Crippen LogP contribution >= 0.6 is 0 Å². The lowest BCUT2D eigenvalue weighted by Crippen LogP contribution is -1.88. The molecule has 0 saturated carbocycles. The predicted molar refractivity (Wildman–Crippen MR) is 60.4 cm³/mol. The summed E-state index contributed by atoms with van der Waals surface area (Å²) < 4.78 is 5.56. The van der Waals surface area contributed by atoms with Gasteiger partial charge in [-0.05, 0) is 19.4 Å². The SMILES string of the molecule is CC.CC1=C2OCCC2=C(C)N=CC1. The van der Waals surface area contributed by atoms with Crippen LogP contribution in [0.4, 0.5) is 0 Å². The Morgan fingerprint density at radius 1 is 1.29 bits per heavy atom. The Hall–Kier alpha value is -1.05. The Balaban J connectivity index is 0.000000461. The van der Waals surface area contributed by atoms with Crippen LogP contribution in [0.2, 0.25) is 0 Å². The molecule has 2 aliphatic heterocycles. The van der Waals surface area contributed by atoms with Gasteiger partial charge in [0.2, 0.25) is 0 Å². The molecule has 1 saturated heterocycles. The van der Waals surface area contributed by atoms with Gasteiger partial charge in [0.1, 0.15) is 5.76 Å². The zero-order valence-electron chi connectivity index (χ0n) is 9.55. The maximum atomic E-state index is 5.56. The summed E-state index contributed by atoms with van der Waals surface area (Å²) in [6.07, 6.45) is 3.92. The molecule has 2 nitrogen and oxygen atoms in total. The van der Waals surface area contributed by atoms with Crippen molar-refractivity contribution >= 4 is 6.21 Å². The molecule has 0 aromatic carbocycles. The van der Waals surface area contributed by atoms with Gasteiger partial charge in [-0.25, -0.2) is 0 Å². The van der Waals surface area contributed by atoms with Gasteiger partial charge in [0.15, 0.2) is 0 Å². The highest BCUT2D eigenvalue weighted by molar-refractivity contribution is 5.65. The third-order valence-corrected chi connectivity index (χ3v) is 2.38. The minimum absolute atomic E-state index is 0.828. The van der Waals surface area contributed by atoms with Gasteiger partial charge in [-0.2, -0.15) is 0 Å². The number of ether oxygens (including phenoxy) is 1. The van der Waals surface area contributed by atoms with E-state index in [0.717, 1.165) is 30.9 Å². The number of allylic oxidation sites excluding steroid dienone is 3. The molecule has 2 rings (SSSR count). The van der Waals surface area contributed by atoms with Gasteiger partial charge in [0.25, 0.3) is 0 Å². The van der Waals surface area contributed by atoms with Crippen molar-refractivity contribution < 1.29 is 4.74 Å². The lowest BCUT2D eigenvalue weighted by Gasteiger charge is -2.03. The third-order valence-electron chi connectivity index (χ3n) is 2.38. The zero-order chi connectivity index (χ0) is 10.6. The van der Waals surface area contributed by atoms with Crippen molar-refractivity contribution in [3.63, 3.8) is 0 Å². The fourth-order valence-corrected chi connectivity index (χ4v) is 1.67. The van der Waals surface area contributed by atoms with E-state index < -0.39 is 0 Å². The predicted octanol–water partition coefficient (Wildman–Crippen LogP) is 3.46. The minimum atomic E-state index is 0.828. The van der Waals surface area contributed by atoms with Crippen LogP contribution in [0.25, 0.3) is 0 Å². The molecule has 0 atom stereocenters. The molecule has 0 N–H and O–H groups in total. The van der Waals surface area contributed by atoms with Gasteiger partial charge in [-0.3, -0.25) is 4.99 Å². The van der Waals surface area contributed by atoms with E-state index in [-0.39, 0.29) is 0 Å². The van der Waals surface area contributed by atoms with E-state index in [1.807, 2.05) is 20.1 Å². The molecule has 78 valence electrons. The highest BCUT2D eigenvalue weighted by Gasteiger charge is 2.20. The van der Waals surface area contributed by atoms with E-state index in [1.165, 1.54) is 11.1 Å². The van der Waals surface area contributed by atoms with Crippen LogP contribution in [0.15, 0.2) is 27.6 Å². The molecule has 1 fully saturated rings. The van der Waals surface area contributed by atoms with Gasteiger partial charge in [-0.1, -0.05) is 13.8 Å². The maximum absolute atomic E-state index is 5.56. The summed E-state index contributed by atoms with van der Waals surface area (Å²) in [6, 6.07) is 0. The number of fused-ring (bicyclic) bond motifs is 1. The van der Waals surface area contributed by atoms with E-state index >= 15 is 0 Å². The van der Waals surface area contributed by atoms with Crippen LogP contribution < -0.4 is 0 Å². The fraction of sp³-hybridized carbons (Fsp3) is 0.583. The summed E-state index contributed by atoms with van der Waals surface area (Å²) in [7, 11) is 0. The number of hydrogen-bond donors (Lipinski definition) is 0. The Labute approximate surface area is 86.4 Å². The van der Waals surface area contributed by atoms with Crippen molar-refractivity contribution in [3.8, 4) is 0 Å². The molecule has 0 aromatic heterocycles. The Kier molecular flexibility index (Phi) is 3.93. The quantitative estimate of drug-likeness (QED) is 0.577. The highest BCUT2D eigenvalue weighted by Crippen LogP contribution is 2.32. The van der Waals surface area contributed by atoms with E-state index in [0.29, 0.717) is 0 Å². The molecule has 0 spiro atoms. The molecule has 14 heavy (non-hydrogen) atoms. The second-order valence-corrected chi connectivity index (χ2v) is 3.29. The van der Waals surface area contributed by atoms with Gasteiger partial charge >= 0.3 is 0 Å². The first-order valence-corrected chi connectivity index (χ1v) is 5.34. The van der Waals surface area contributed by atoms with Crippen molar-refractivity contribution in [2.45, 2.75) is 40.5 Å². The summed E-state index contributed by atoms with van der Waals surface area (Å²) in [5.41, 5.74) is 3.74. The topological polar surface area (TPSA) is 21.6 Å². The van der Waals surface area contributed by atoms with Crippen LogP contribution in [0.5, 0.6) is 0 Å². The van der Waals surface area contributed by atoms with E-state index in [9.17, 15) is 0 Å². The van der Waals surface area contributed by atoms with E-state index in [4.69, 9.17) is 4.74 Å². The van der Waals surface area contributed by atoms with Gasteiger partial charge < -0.3 is 4.74 Å². The first-order valence-electron chi connectivity index (χ1n) is 5.34. The molecule has 0 aliphatic carbocycles. The molecule has 2 aliphatic rings. The van der Waals surface area contributed by atoms with Gasteiger partial charge in [0, 0.05) is 30.3 Å². The molecule has 0 radical (unpaired) electrons. The van der Waals surface area contributed by atoms with Crippen molar-refractivity contribution in [1.82, 2.24) is 0 Å². The Bertz CT molecular complexity index is 297. The van der Waals surface area contributed by atoms with Crippen LogP contribution in [0, 0.1) is 0 Å². The summed E-state index contributed by atoms with van der Waals surface area (Å²) in [5, 5.41) is 0. The van der Waals surface area contributed by atoms with Gasteiger partial charge in [-0.15, -0.1) is 0 Å². The minimum Gasteiger partial charge on any atom is -0.493 e. The number of hydrogen-bond acceptors (Lipinski definition) is 2. The van der Waals surface area contributed by atoms with Crippen LogP contribution in [0.1, 0.15) is 40.5 Å². The molecule has 0 bridgehead atoms. The van der Waals surface area contributed by atoms with Crippen molar-refractivity contribution in [2.75, 3.05) is 6.61 Å². The molecule has 2 heterocycles. The van der Waals surface area contributed by atoms with Crippen molar-refractivity contribution in [3.05, 3.63) is 22.6 Å².